The van der Waals surface area contributed by atoms with Gasteiger partial charge in [0.1, 0.15) is 11.4 Å². The minimum absolute atomic E-state index is 0.0110. The maximum Gasteiger partial charge on any atom is 0.416 e. The molecule has 4 rings (SSSR count). The summed E-state index contributed by atoms with van der Waals surface area (Å²) in [4.78, 5) is 20.4. The topological polar surface area (TPSA) is 94.0 Å². The number of hydrogen-bond acceptors (Lipinski definition) is 4. The van der Waals surface area contributed by atoms with E-state index in [4.69, 9.17) is 4.74 Å². The van der Waals surface area contributed by atoms with Crippen LogP contribution in [0.25, 0.3) is 22.8 Å². The number of H-pyrrole nitrogens is 1. The summed E-state index contributed by atoms with van der Waals surface area (Å²) in [5, 5.41) is 15.5. The third kappa shape index (κ3) is 4.61. The van der Waals surface area contributed by atoms with Crippen LogP contribution in [0.2, 0.25) is 0 Å². The fourth-order valence-electron chi connectivity index (χ4n) is 4.06. The third-order valence-corrected chi connectivity index (χ3v) is 5.77. The number of halogens is 3. The van der Waals surface area contributed by atoms with Crippen LogP contribution in [0.3, 0.4) is 0 Å². The highest BCUT2D eigenvalue weighted by molar-refractivity contribution is 6.02. The Kier molecular flexibility index (Phi) is 6.45. The van der Waals surface area contributed by atoms with Crippen LogP contribution < -0.4 is 14.8 Å². The summed E-state index contributed by atoms with van der Waals surface area (Å²) in [5.41, 5.74) is 2.55. The molecule has 0 aliphatic carbocycles. The van der Waals surface area contributed by atoms with Crippen molar-refractivity contribution in [3.05, 3.63) is 87.9 Å². The molecular weight excluding hydrogens is 473 g/mol. The zero-order valence-electron chi connectivity index (χ0n) is 19.9. The fourth-order valence-corrected chi connectivity index (χ4v) is 4.06. The van der Waals surface area contributed by atoms with Gasteiger partial charge in [0.25, 0.3) is 5.91 Å². The molecule has 0 unspecified atom stereocenters. The SMILES string of the molecule is COc1ccc(-c2[nH]c(C)c(C(=O)Nc3cccc(C(F)(F)F)c3)[n+]2[O-])nc1-c1c(C)cccc1C. The van der Waals surface area contributed by atoms with Gasteiger partial charge in [0.15, 0.2) is 11.4 Å². The summed E-state index contributed by atoms with van der Waals surface area (Å²) in [5.74, 6) is -0.330. The highest BCUT2D eigenvalue weighted by Crippen LogP contribution is 2.35. The molecule has 0 saturated heterocycles. The third-order valence-electron chi connectivity index (χ3n) is 5.77. The van der Waals surface area contributed by atoms with Crippen molar-refractivity contribution in [2.45, 2.75) is 26.9 Å². The lowest BCUT2D eigenvalue weighted by Gasteiger charge is -2.14. The number of carbonyl (C=O) groups excluding carboxylic acids is 1. The molecule has 2 aromatic heterocycles. The number of amides is 1. The Hall–Kier alpha value is -4.34. The Labute approximate surface area is 205 Å². The maximum atomic E-state index is 13.2. The number of pyridine rings is 1. The monoisotopic (exact) mass is 496 g/mol. The Morgan fingerprint density at radius 1 is 1.06 bits per heavy atom. The molecule has 0 atom stereocenters. The molecule has 36 heavy (non-hydrogen) atoms. The number of aromatic amines is 1. The molecule has 2 heterocycles. The number of ether oxygens (including phenoxy) is 1. The molecule has 0 saturated carbocycles. The first-order valence-corrected chi connectivity index (χ1v) is 10.9. The van der Waals surface area contributed by atoms with E-state index < -0.39 is 17.6 Å². The Morgan fingerprint density at radius 2 is 1.72 bits per heavy atom. The van der Waals surface area contributed by atoms with Crippen molar-refractivity contribution in [1.29, 1.82) is 0 Å². The quantitative estimate of drug-likeness (QED) is 0.279. The number of alkyl halides is 3. The van der Waals surface area contributed by atoms with Gasteiger partial charge in [-0.3, -0.25) is 4.79 Å². The summed E-state index contributed by atoms with van der Waals surface area (Å²) in [7, 11) is 1.52. The molecule has 2 N–H and O–H groups in total. The molecule has 0 spiro atoms. The van der Waals surface area contributed by atoms with Gasteiger partial charge in [-0.15, -0.1) is 0 Å². The average Bonchev–Trinajstić information content (AvgIpc) is 3.12. The lowest BCUT2D eigenvalue weighted by molar-refractivity contribution is -0.594. The number of nitrogens with one attached hydrogen (secondary N) is 2. The van der Waals surface area contributed by atoms with E-state index in [2.05, 4.69) is 15.3 Å². The number of benzene rings is 2. The number of anilines is 1. The van der Waals surface area contributed by atoms with Gasteiger partial charge >= 0.3 is 12.0 Å². The highest BCUT2D eigenvalue weighted by atomic mass is 19.4. The number of nitrogens with zero attached hydrogens (tertiary/aromatic N) is 2. The molecule has 10 heteroatoms. The number of carbonyl (C=O) groups is 1. The van der Waals surface area contributed by atoms with E-state index in [1.54, 1.807) is 12.1 Å². The van der Waals surface area contributed by atoms with Crippen molar-refractivity contribution in [3.8, 4) is 28.5 Å². The van der Waals surface area contributed by atoms with Gasteiger partial charge in [-0.1, -0.05) is 24.3 Å². The second kappa shape index (κ2) is 9.37. The smallest absolute Gasteiger partial charge is 0.416 e. The summed E-state index contributed by atoms with van der Waals surface area (Å²) in [6.07, 6.45) is -4.57. The van der Waals surface area contributed by atoms with Crippen LogP contribution in [0.4, 0.5) is 18.9 Å². The van der Waals surface area contributed by atoms with Crippen LogP contribution in [0.5, 0.6) is 5.75 Å². The minimum Gasteiger partial charge on any atom is -0.710 e. The van der Waals surface area contributed by atoms with Gasteiger partial charge in [0.05, 0.1) is 12.7 Å². The molecule has 0 aliphatic heterocycles. The number of hydrogen-bond donors (Lipinski definition) is 2. The van der Waals surface area contributed by atoms with Crippen LogP contribution >= 0.6 is 0 Å². The molecule has 0 aliphatic rings. The predicted octanol–water partition coefficient (Wildman–Crippen LogP) is 5.58. The lowest BCUT2D eigenvalue weighted by atomic mass is 9.99. The van der Waals surface area contributed by atoms with E-state index in [1.165, 1.54) is 26.2 Å². The molecule has 4 aromatic rings. The van der Waals surface area contributed by atoms with Crippen molar-refractivity contribution in [2.24, 2.45) is 0 Å². The van der Waals surface area contributed by atoms with Crippen molar-refractivity contribution >= 4 is 11.6 Å². The molecule has 186 valence electrons. The standard InChI is InChI=1S/C26H23F3N4O3/c1-14-7-5-8-15(2)21(14)22-20(36-4)12-11-19(32-22)24-30-16(3)23(33(24)35)25(34)31-18-10-6-9-17(13-18)26(27,28)29/h5-13,30H,1-4H3,(H,31,34). The van der Waals surface area contributed by atoms with Crippen molar-refractivity contribution in [1.82, 2.24) is 9.97 Å². The van der Waals surface area contributed by atoms with Gasteiger partial charge in [-0.05, 0) is 55.3 Å². The first-order valence-electron chi connectivity index (χ1n) is 10.9. The van der Waals surface area contributed by atoms with E-state index in [0.29, 0.717) is 16.2 Å². The molecule has 0 radical (unpaired) electrons. The number of aromatic nitrogens is 3. The lowest BCUT2D eigenvalue weighted by Crippen LogP contribution is -2.36. The van der Waals surface area contributed by atoms with Gasteiger partial charge in [-0.25, -0.2) is 14.7 Å². The fraction of sp³-hybridized carbons (Fsp3) is 0.192. The van der Waals surface area contributed by atoms with Crippen molar-refractivity contribution in [3.63, 3.8) is 0 Å². The minimum atomic E-state index is -4.57. The Balaban J connectivity index is 1.73. The first-order chi connectivity index (χ1) is 17.0. The van der Waals surface area contributed by atoms with E-state index in [9.17, 15) is 23.2 Å². The van der Waals surface area contributed by atoms with Crippen LogP contribution in [-0.4, -0.2) is 23.0 Å². The molecule has 2 aromatic carbocycles. The largest absolute Gasteiger partial charge is 0.710 e. The predicted molar refractivity (Wildman–Crippen MR) is 129 cm³/mol. The molecule has 1 amide bonds. The molecular formula is C26H23F3N4O3. The van der Waals surface area contributed by atoms with Crippen LogP contribution in [0, 0.1) is 26.0 Å². The second-order valence-electron chi connectivity index (χ2n) is 8.29. The number of rotatable bonds is 5. The summed E-state index contributed by atoms with van der Waals surface area (Å²) in [6, 6.07) is 13.3. The van der Waals surface area contributed by atoms with Gasteiger partial charge < -0.3 is 15.3 Å². The Bertz CT molecular complexity index is 1440. The van der Waals surface area contributed by atoms with Crippen molar-refractivity contribution < 1.29 is 27.4 Å². The van der Waals surface area contributed by atoms with Gasteiger partial charge in [0, 0.05) is 18.2 Å². The van der Waals surface area contributed by atoms with Crippen molar-refractivity contribution in [2.75, 3.05) is 12.4 Å². The first kappa shape index (κ1) is 24.8. The second-order valence-corrected chi connectivity index (χ2v) is 8.29. The van der Waals surface area contributed by atoms with Crippen LogP contribution in [0.1, 0.15) is 32.9 Å². The normalized spacial score (nSPS) is 11.4. The van der Waals surface area contributed by atoms with Gasteiger partial charge in [0.2, 0.25) is 5.69 Å². The zero-order valence-corrected chi connectivity index (χ0v) is 19.9. The van der Waals surface area contributed by atoms with E-state index in [1.807, 2.05) is 32.0 Å². The highest BCUT2D eigenvalue weighted by Gasteiger charge is 2.31. The summed E-state index contributed by atoms with van der Waals surface area (Å²) >= 11 is 0. The van der Waals surface area contributed by atoms with Crippen LogP contribution in [-0.2, 0) is 6.18 Å². The van der Waals surface area contributed by atoms with E-state index >= 15 is 0 Å². The molecule has 0 bridgehead atoms. The Morgan fingerprint density at radius 3 is 2.36 bits per heavy atom. The zero-order chi connectivity index (χ0) is 26.2. The molecule has 0 fully saturated rings. The van der Waals surface area contributed by atoms with Crippen LogP contribution in [0.15, 0.2) is 54.6 Å². The number of aryl methyl sites for hydroxylation is 3. The van der Waals surface area contributed by atoms with E-state index in [-0.39, 0.29) is 28.6 Å². The number of methoxy groups -OCH3 is 1. The number of imidazole rings is 1. The summed E-state index contributed by atoms with van der Waals surface area (Å²) < 4.78 is 44.9. The van der Waals surface area contributed by atoms with E-state index in [0.717, 1.165) is 28.8 Å². The van der Waals surface area contributed by atoms with Gasteiger partial charge in [-0.2, -0.15) is 13.2 Å². The maximum absolute atomic E-state index is 13.2. The molecule has 7 nitrogen and oxygen atoms in total. The average molecular weight is 496 g/mol. The summed E-state index contributed by atoms with van der Waals surface area (Å²) in [6.45, 7) is 5.41.